The number of methoxy groups -OCH3 is 1. The number of carbonyl (C=O) groups excluding carboxylic acids is 3. The van der Waals surface area contributed by atoms with Crippen LogP contribution >= 0.6 is 0 Å². The second-order valence-corrected chi connectivity index (χ2v) is 8.79. The van der Waals surface area contributed by atoms with Gasteiger partial charge in [0.25, 0.3) is 11.8 Å². The van der Waals surface area contributed by atoms with Gasteiger partial charge in [-0.3, -0.25) is 14.4 Å². The molecule has 0 radical (unpaired) electrons. The van der Waals surface area contributed by atoms with Crippen LogP contribution in [0.25, 0.3) is 11.0 Å². The fraction of sp³-hybridized carbons (Fsp3) is 0.172. The Morgan fingerprint density at radius 2 is 1.62 bits per heavy atom. The molecule has 0 unspecified atom stereocenters. The summed E-state index contributed by atoms with van der Waals surface area (Å²) in [4.78, 5) is 50.5. The molecule has 4 rings (SSSR count). The first kappa shape index (κ1) is 27.1. The van der Waals surface area contributed by atoms with Crippen LogP contribution in [0.2, 0.25) is 0 Å². The van der Waals surface area contributed by atoms with Crippen LogP contribution in [-0.4, -0.2) is 42.1 Å². The predicted octanol–water partition coefficient (Wildman–Crippen LogP) is 1.85. The summed E-state index contributed by atoms with van der Waals surface area (Å²) in [6.07, 6.45) is -1.92. The van der Waals surface area contributed by atoms with Crippen LogP contribution in [0.5, 0.6) is 5.75 Å². The number of ether oxygens (including phenoxy) is 1. The number of carbonyl (C=O) groups is 3. The van der Waals surface area contributed by atoms with E-state index in [9.17, 15) is 24.3 Å². The maximum atomic E-state index is 13.2. The van der Waals surface area contributed by atoms with E-state index in [0.29, 0.717) is 27.8 Å². The highest BCUT2D eigenvalue weighted by atomic mass is 16.5. The van der Waals surface area contributed by atoms with Crippen molar-refractivity contribution in [3.05, 3.63) is 112 Å². The molecule has 3 amide bonds. The maximum absolute atomic E-state index is 13.2. The Balaban J connectivity index is 1.58. The summed E-state index contributed by atoms with van der Waals surface area (Å²) >= 11 is 0. The molecule has 0 bridgehead atoms. The van der Waals surface area contributed by atoms with Crippen molar-refractivity contribution < 1.29 is 28.6 Å². The number of nitrogens with one attached hydrogen (secondary N) is 2. The molecule has 4 aromatic rings. The van der Waals surface area contributed by atoms with E-state index in [1.54, 1.807) is 72.8 Å². The number of rotatable bonds is 10. The third-order valence-corrected chi connectivity index (χ3v) is 6.19. The van der Waals surface area contributed by atoms with Gasteiger partial charge in [-0.1, -0.05) is 48.5 Å². The Bertz CT molecular complexity index is 1540. The van der Waals surface area contributed by atoms with E-state index < -0.39 is 41.5 Å². The maximum Gasteiger partial charge on any atom is 0.336 e. The number of hydrogen-bond donors (Lipinski definition) is 4. The molecule has 0 spiro atoms. The monoisotopic (exact) mass is 529 g/mol. The average Bonchev–Trinajstić information content (AvgIpc) is 2.95. The Kier molecular flexibility index (Phi) is 8.37. The number of aliphatic hydroxyl groups excluding tert-OH is 1. The molecule has 0 aliphatic heterocycles. The van der Waals surface area contributed by atoms with E-state index in [4.69, 9.17) is 14.9 Å². The SMILES string of the molecule is COc1ccc2c(C[C@@H](NC(=O)[C@H](O)[C@@H](NC(=O)c3ccccc3)c3ccccc3)C(N)=O)cc(=O)oc2c1. The Labute approximate surface area is 223 Å². The fourth-order valence-electron chi connectivity index (χ4n) is 4.18. The molecule has 0 aliphatic rings. The highest BCUT2D eigenvalue weighted by Crippen LogP contribution is 2.24. The van der Waals surface area contributed by atoms with Crippen molar-refractivity contribution in [2.75, 3.05) is 7.11 Å². The molecule has 0 aliphatic carbocycles. The van der Waals surface area contributed by atoms with Gasteiger partial charge in [-0.25, -0.2) is 4.79 Å². The topological polar surface area (TPSA) is 161 Å². The summed E-state index contributed by atoms with van der Waals surface area (Å²) in [6, 6.07) is 20.5. The van der Waals surface area contributed by atoms with E-state index in [-0.39, 0.29) is 12.0 Å². The second-order valence-electron chi connectivity index (χ2n) is 8.79. The third-order valence-electron chi connectivity index (χ3n) is 6.19. The lowest BCUT2D eigenvalue weighted by atomic mass is 9.98. The van der Waals surface area contributed by atoms with E-state index in [2.05, 4.69) is 10.6 Å². The quantitative estimate of drug-likeness (QED) is 0.228. The Hall–Kier alpha value is -4.96. The molecule has 39 heavy (non-hydrogen) atoms. The van der Waals surface area contributed by atoms with Gasteiger partial charge in [0.15, 0.2) is 6.10 Å². The predicted molar refractivity (Wildman–Crippen MR) is 143 cm³/mol. The van der Waals surface area contributed by atoms with Crippen molar-refractivity contribution in [2.24, 2.45) is 5.73 Å². The largest absolute Gasteiger partial charge is 0.497 e. The second kappa shape index (κ2) is 12.1. The van der Waals surface area contributed by atoms with Gasteiger partial charge in [0.05, 0.1) is 13.2 Å². The molecule has 1 aromatic heterocycles. The van der Waals surface area contributed by atoms with Crippen molar-refractivity contribution in [2.45, 2.75) is 24.6 Å². The molecular formula is C29H27N3O7. The van der Waals surface area contributed by atoms with Crippen LogP contribution in [0.15, 0.2) is 94.1 Å². The summed E-state index contributed by atoms with van der Waals surface area (Å²) in [5.41, 5.74) is 6.37. The normalized spacial score (nSPS) is 13.2. The van der Waals surface area contributed by atoms with Crippen molar-refractivity contribution in [3.8, 4) is 5.75 Å². The van der Waals surface area contributed by atoms with Crippen LogP contribution in [0.4, 0.5) is 0 Å². The minimum absolute atomic E-state index is 0.144. The summed E-state index contributed by atoms with van der Waals surface area (Å²) in [5.74, 6) is -1.85. The first-order valence-electron chi connectivity index (χ1n) is 12.1. The molecule has 0 saturated carbocycles. The number of hydrogen-bond acceptors (Lipinski definition) is 7. The number of aliphatic hydroxyl groups is 1. The van der Waals surface area contributed by atoms with E-state index in [0.717, 1.165) is 0 Å². The molecule has 10 nitrogen and oxygen atoms in total. The lowest BCUT2D eigenvalue weighted by molar-refractivity contribution is -0.134. The number of fused-ring (bicyclic) bond motifs is 1. The number of benzene rings is 3. The molecule has 5 N–H and O–H groups in total. The van der Waals surface area contributed by atoms with Gasteiger partial charge < -0.3 is 30.6 Å². The van der Waals surface area contributed by atoms with Crippen molar-refractivity contribution >= 4 is 28.7 Å². The zero-order valence-corrected chi connectivity index (χ0v) is 21.0. The highest BCUT2D eigenvalue weighted by Gasteiger charge is 2.32. The summed E-state index contributed by atoms with van der Waals surface area (Å²) in [7, 11) is 1.47. The van der Waals surface area contributed by atoms with E-state index in [1.165, 1.54) is 19.2 Å². The van der Waals surface area contributed by atoms with Crippen LogP contribution in [-0.2, 0) is 16.0 Å². The molecule has 1 heterocycles. The Morgan fingerprint density at radius 1 is 0.949 bits per heavy atom. The highest BCUT2D eigenvalue weighted by molar-refractivity contribution is 5.95. The van der Waals surface area contributed by atoms with Gasteiger partial charge in [-0.05, 0) is 35.4 Å². The molecule has 3 atom stereocenters. The zero-order chi connectivity index (χ0) is 27.9. The first-order valence-corrected chi connectivity index (χ1v) is 12.1. The van der Waals surface area contributed by atoms with E-state index in [1.807, 2.05) is 0 Å². The first-order chi connectivity index (χ1) is 18.8. The van der Waals surface area contributed by atoms with Gasteiger partial charge in [-0.15, -0.1) is 0 Å². The van der Waals surface area contributed by atoms with Crippen molar-refractivity contribution in [1.82, 2.24) is 10.6 Å². The smallest absolute Gasteiger partial charge is 0.336 e. The number of amides is 3. The molecule has 3 aromatic carbocycles. The summed E-state index contributed by atoms with van der Waals surface area (Å²) < 4.78 is 10.4. The van der Waals surface area contributed by atoms with Gasteiger partial charge in [0, 0.05) is 29.5 Å². The van der Waals surface area contributed by atoms with Gasteiger partial charge in [-0.2, -0.15) is 0 Å². The summed E-state index contributed by atoms with van der Waals surface area (Å²) in [5, 5.41) is 16.7. The molecular weight excluding hydrogens is 502 g/mol. The fourth-order valence-corrected chi connectivity index (χ4v) is 4.18. The van der Waals surface area contributed by atoms with E-state index >= 15 is 0 Å². The van der Waals surface area contributed by atoms with Crippen LogP contribution in [0.1, 0.15) is 27.5 Å². The Morgan fingerprint density at radius 3 is 2.26 bits per heavy atom. The summed E-state index contributed by atoms with van der Waals surface area (Å²) in [6.45, 7) is 0. The zero-order valence-electron chi connectivity index (χ0n) is 21.0. The van der Waals surface area contributed by atoms with Crippen LogP contribution in [0, 0.1) is 0 Å². The van der Waals surface area contributed by atoms with Crippen LogP contribution < -0.4 is 26.7 Å². The van der Waals surface area contributed by atoms with Gasteiger partial charge >= 0.3 is 5.63 Å². The minimum Gasteiger partial charge on any atom is -0.497 e. The number of primary amides is 1. The van der Waals surface area contributed by atoms with Crippen LogP contribution in [0.3, 0.4) is 0 Å². The van der Waals surface area contributed by atoms with Crippen molar-refractivity contribution in [1.29, 1.82) is 0 Å². The standard InChI is InChI=1S/C29H27N3O7/c1-38-20-12-13-21-19(15-24(33)39-23(21)16-20)14-22(27(30)35)31-29(37)26(34)25(17-8-4-2-5-9-17)32-28(36)18-10-6-3-7-11-18/h2-13,15-16,22,25-26,34H,14H2,1H3,(H2,30,35)(H,31,37)(H,32,36)/t22-,25+,26-/m1/s1. The van der Waals surface area contributed by atoms with Gasteiger partial charge in [0.2, 0.25) is 5.91 Å². The molecule has 0 saturated heterocycles. The lowest BCUT2D eigenvalue weighted by Gasteiger charge is -2.26. The van der Waals surface area contributed by atoms with Gasteiger partial charge in [0.1, 0.15) is 17.4 Å². The lowest BCUT2D eigenvalue weighted by Crippen LogP contribution is -2.52. The third kappa shape index (κ3) is 6.49. The molecule has 0 fully saturated rings. The molecule has 200 valence electrons. The number of nitrogens with two attached hydrogens (primary N) is 1. The minimum atomic E-state index is -1.77. The average molecular weight is 530 g/mol. The van der Waals surface area contributed by atoms with Crippen molar-refractivity contribution in [3.63, 3.8) is 0 Å². The molecule has 10 heteroatoms.